The van der Waals surface area contributed by atoms with Crippen LogP contribution in [0.15, 0.2) is 36.1 Å². The van der Waals surface area contributed by atoms with E-state index < -0.39 is 30.1 Å². The number of esters is 2. The minimum absolute atomic E-state index is 0.0763. The quantitative estimate of drug-likeness (QED) is 0.368. The second-order valence-electron chi connectivity index (χ2n) is 10.5. The molecule has 0 bridgehead atoms. The number of hydrogen-bond donors (Lipinski definition) is 1. The van der Waals surface area contributed by atoms with Crippen molar-refractivity contribution in [1.82, 2.24) is 4.90 Å². The molecule has 1 saturated heterocycles. The van der Waals surface area contributed by atoms with Gasteiger partial charge < -0.3 is 33.5 Å². The third kappa shape index (κ3) is 5.37. The first-order valence-corrected chi connectivity index (χ1v) is 13.4. The molecule has 4 aliphatic rings. The van der Waals surface area contributed by atoms with Crippen LogP contribution < -0.4 is 9.47 Å². The van der Waals surface area contributed by atoms with Crippen LogP contribution in [0, 0.1) is 5.92 Å². The van der Waals surface area contributed by atoms with Crippen LogP contribution in [0.5, 0.6) is 11.5 Å². The predicted octanol–water partition coefficient (Wildman–Crippen LogP) is 2.48. The molecule has 1 fully saturated rings. The van der Waals surface area contributed by atoms with E-state index in [1.54, 1.807) is 26.4 Å². The number of benzene rings is 1. The number of piperidine rings is 1. The molecule has 0 saturated carbocycles. The fourth-order valence-electron chi connectivity index (χ4n) is 6.38. The second-order valence-corrected chi connectivity index (χ2v) is 10.5. The summed E-state index contributed by atoms with van der Waals surface area (Å²) in [6.45, 7) is 2.29. The standard InChI is InChI=1S/C29H37NO9/c1-34-12-5-4-9-29(33,16-24(31)36-3)28(32)39-27-23(35-2)14-19-7-6-10-30-11-8-18-13-21-22(38-17-37-21)15-20(18)25(27)26(19)30/h4-5,13-15,19,25-27,33H,6-12,16-17H2,1-3H3/b5-4+/t19?,25-,26?,27?,29+/m0/s1. The van der Waals surface area contributed by atoms with Gasteiger partial charge in [0.2, 0.25) is 6.79 Å². The van der Waals surface area contributed by atoms with Crippen LogP contribution >= 0.6 is 0 Å². The van der Waals surface area contributed by atoms with Crippen LogP contribution in [-0.2, 0) is 35.0 Å². The number of nitrogens with zero attached hydrogens (tertiary/aromatic N) is 1. The summed E-state index contributed by atoms with van der Waals surface area (Å²) in [4.78, 5) is 28.4. The van der Waals surface area contributed by atoms with Gasteiger partial charge in [-0.15, -0.1) is 0 Å². The lowest BCUT2D eigenvalue weighted by Crippen LogP contribution is -2.55. The summed E-state index contributed by atoms with van der Waals surface area (Å²) in [5, 5.41) is 11.4. The van der Waals surface area contributed by atoms with Gasteiger partial charge in [0.05, 0.1) is 27.2 Å². The Hall–Kier alpha value is -3.08. The second kappa shape index (κ2) is 11.6. The minimum Gasteiger partial charge on any atom is -0.497 e. The van der Waals surface area contributed by atoms with Gasteiger partial charge in [-0.05, 0) is 61.1 Å². The average Bonchev–Trinajstić information content (AvgIpc) is 3.33. The number of fused-ring (bicyclic) bond motifs is 3. The van der Waals surface area contributed by atoms with Gasteiger partial charge in [-0.25, -0.2) is 4.79 Å². The fourth-order valence-corrected chi connectivity index (χ4v) is 6.38. The fraction of sp³-hybridized carbons (Fsp3) is 0.586. The first-order valence-electron chi connectivity index (χ1n) is 13.4. The van der Waals surface area contributed by atoms with Crippen LogP contribution in [0.25, 0.3) is 0 Å². The molecule has 0 spiro atoms. The smallest absolute Gasteiger partial charge is 0.339 e. The largest absolute Gasteiger partial charge is 0.497 e. The number of methoxy groups -OCH3 is 3. The van der Waals surface area contributed by atoms with Crippen LogP contribution in [-0.4, -0.2) is 87.5 Å². The van der Waals surface area contributed by atoms with E-state index in [4.69, 9.17) is 28.4 Å². The molecule has 5 atom stereocenters. The Bertz CT molecular complexity index is 1150. The van der Waals surface area contributed by atoms with Gasteiger partial charge in [0, 0.05) is 32.0 Å². The highest BCUT2D eigenvalue weighted by molar-refractivity contribution is 5.86. The molecule has 0 radical (unpaired) electrons. The molecule has 3 heterocycles. The summed E-state index contributed by atoms with van der Waals surface area (Å²) < 4.78 is 33.2. The van der Waals surface area contributed by atoms with Crippen molar-refractivity contribution in [3.05, 3.63) is 47.2 Å². The van der Waals surface area contributed by atoms with Crippen molar-refractivity contribution >= 4 is 11.9 Å². The summed E-state index contributed by atoms with van der Waals surface area (Å²) in [6.07, 6.45) is 6.74. The highest BCUT2D eigenvalue weighted by Crippen LogP contribution is 2.49. The van der Waals surface area contributed by atoms with E-state index in [0.29, 0.717) is 23.9 Å². The molecule has 1 aromatic carbocycles. The van der Waals surface area contributed by atoms with Gasteiger partial charge in [0.15, 0.2) is 23.2 Å². The van der Waals surface area contributed by atoms with Gasteiger partial charge in [-0.3, -0.25) is 9.69 Å². The Labute approximate surface area is 228 Å². The first-order chi connectivity index (χ1) is 18.9. The third-order valence-corrected chi connectivity index (χ3v) is 8.26. The zero-order valence-corrected chi connectivity index (χ0v) is 22.7. The van der Waals surface area contributed by atoms with E-state index in [9.17, 15) is 14.7 Å². The number of carbonyl (C=O) groups excluding carboxylic acids is 2. The maximum Gasteiger partial charge on any atom is 0.339 e. The van der Waals surface area contributed by atoms with Crippen molar-refractivity contribution in [2.24, 2.45) is 5.92 Å². The van der Waals surface area contributed by atoms with Crippen LogP contribution in [0.4, 0.5) is 0 Å². The zero-order valence-electron chi connectivity index (χ0n) is 22.7. The first kappa shape index (κ1) is 27.5. The molecule has 212 valence electrons. The van der Waals surface area contributed by atoms with Gasteiger partial charge in [-0.1, -0.05) is 12.2 Å². The van der Waals surface area contributed by atoms with Crippen molar-refractivity contribution in [1.29, 1.82) is 0 Å². The Morgan fingerprint density at radius 3 is 2.69 bits per heavy atom. The van der Waals surface area contributed by atoms with Crippen molar-refractivity contribution in [2.45, 2.75) is 55.8 Å². The minimum atomic E-state index is -2.12. The van der Waals surface area contributed by atoms with Crippen molar-refractivity contribution < 1.29 is 43.1 Å². The van der Waals surface area contributed by atoms with E-state index in [-0.39, 0.29) is 31.1 Å². The van der Waals surface area contributed by atoms with Gasteiger partial charge in [0.25, 0.3) is 0 Å². The van der Waals surface area contributed by atoms with E-state index in [1.807, 2.05) is 12.1 Å². The molecule has 10 heteroatoms. The molecule has 3 unspecified atom stereocenters. The van der Waals surface area contributed by atoms with Crippen LogP contribution in [0.3, 0.4) is 0 Å². The molecular weight excluding hydrogens is 506 g/mol. The lowest BCUT2D eigenvalue weighted by Gasteiger charge is -2.48. The number of aliphatic hydroxyl groups is 1. The summed E-state index contributed by atoms with van der Waals surface area (Å²) >= 11 is 0. The van der Waals surface area contributed by atoms with E-state index >= 15 is 0 Å². The monoisotopic (exact) mass is 543 g/mol. The molecule has 10 nitrogen and oxygen atoms in total. The van der Waals surface area contributed by atoms with Crippen molar-refractivity contribution in [3.63, 3.8) is 0 Å². The summed E-state index contributed by atoms with van der Waals surface area (Å²) in [7, 11) is 4.32. The lowest BCUT2D eigenvalue weighted by molar-refractivity contribution is -0.178. The summed E-state index contributed by atoms with van der Waals surface area (Å²) in [6, 6.07) is 4.11. The highest BCUT2D eigenvalue weighted by atomic mass is 16.7. The SMILES string of the molecule is COC/C=C/C[C@@](O)(CC(=O)OC)C(=O)OC1C(OC)=CC2CCCN3CCc4cc5c(cc4[C@H]1C23)OCO5. The van der Waals surface area contributed by atoms with Gasteiger partial charge >= 0.3 is 11.9 Å². The molecule has 0 aromatic heterocycles. The van der Waals surface area contributed by atoms with E-state index in [0.717, 1.165) is 43.5 Å². The molecule has 1 N–H and O–H groups in total. The summed E-state index contributed by atoms with van der Waals surface area (Å²) in [5.74, 6) is 0.249. The summed E-state index contributed by atoms with van der Waals surface area (Å²) in [5.41, 5.74) is 0.0144. The number of hydrogen-bond acceptors (Lipinski definition) is 10. The maximum atomic E-state index is 13.7. The Balaban J connectivity index is 1.54. The highest BCUT2D eigenvalue weighted by Gasteiger charge is 2.51. The predicted molar refractivity (Wildman–Crippen MR) is 139 cm³/mol. The molecule has 5 rings (SSSR count). The third-order valence-electron chi connectivity index (χ3n) is 8.26. The molecule has 3 aliphatic heterocycles. The van der Waals surface area contributed by atoms with Crippen LogP contribution in [0.1, 0.15) is 42.7 Å². The molecule has 39 heavy (non-hydrogen) atoms. The van der Waals surface area contributed by atoms with E-state index in [2.05, 4.69) is 11.0 Å². The van der Waals surface area contributed by atoms with Crippen LogP contribution in [0.2, 0.25) is 0 Å². The molecule has 0 amide bonds. The number of ether oxygens (including phenoxy) is 6. The maximum absolute atomic E-state index is 13.7. The Morgan fingerprint density at radius 2 is 1.95 bits per heavy atom. The van der Waals surface area contributed by atoms with Gasteiger partial charge in [-0.2, -0.15) is 0 Å². The van der Waals surface area contributed by atoms with E-state index in [1.165, 1.54) is 7.11 Å². The zero-order chi connectivity index (χ0) is 27.6. The topological polar surface area (TPSA) is 113 Å². The Morgan fingerprint density at radius 1 is 1.15 bits per heavy atom. The average molecular weight is 544 g/mol. The lowest BCUT2D eigenvalue weighted by atomic mass is 9.71. The number of rotatable bonds is 9. The molecule has 1 aromatic rings. The normalized spacial score (nSPS) is 27.0. The number of carbonyl (C=O) groups is 2. The van der Waals surface area contributed by atoms with Crippen molar-refractivity contribution in [2.75, 3.05) is 47.8 Å². The molecule has 1 aliphatic carbocycles. The van der Waals surface area contributed by atoms with Crippen molar-refractivity contribution in [3.8, 4) is 11.5 Å². The molecular formula is C29H37NO9. The Kier molecular flexibility index (Phi) is 8.16. The van der Waals surface area contributed by atoms with Gasteiger partial charge in [0.1, 0.15) is 5.76 Å².